The van der Waals surface area contributed by atoms with Crippen molar-refractivity contribution < 1.29 is 14.6 Å². The second-order valence-electron chi connectivity index (χ2n) is 4.35. The molecule has 1 rings (SSSR count). The van der Waals surface area contributed by atoms with Crippen LogP contribution in [0.25, 0.3) is 0 Å². The van der Waals surface area contributed by atoms with Crippen molar-refractivity contribution in [3.8, 4) is 11.5 Å². The third-order valence-corrected chi connectivity index (χ3v) is 2.59. The smallest absolute Gasteiger partial charge is 0.237 e. The lowest BCUT2D eigenvalue weighted by Gasteiger charge is -2.22. The van der Waals surface area contributed by atoms with Gasteiger partial charge in [-0.25, -0.2) is 0 Å². The Morgan fingerprint density at radius 1 is 1.53 bits per heavy atom. The van der Waals surface area contributed by atoms with E-state index in [1.54, 1.807) is 32.0 Å². The molecule has 1 aromatic carbocycles. The van der Waals surface area contributed by atoms with E-state index in [2.05, 4.69) is 5.32 Å². The first-order valence-corrected chi connectivity index (χ1v) is 5.27. The van der Waals surface area contributed by atoms with Gasteiger partial charge in [-0.05, 0) is 31.5 Å². The third-order valence-electron chi connectivity index (χ3n) is 2.59. The van der Waals surface area contributed by atoms with Gasteiger partial charge in [0.25, 0.3) is 0 Å². The van der Waals surface area contributed by atoms with Crippen LogP contribution < -0.4 is 15.8 Å². The highest BCUT2D eigenvalue weighted by Gasteiger charge is 2.23. The van der Waals surface area contributed by atoms with Crippen LogP contribution in [0.5, 0.6) is 11.5 Å². The third kappa shape index (κ3) is 3.35. The van der Waals surface area contributed by atoms with Crippen molar-refractivity contribution in [2.75, 3.05) is 7.11 Å². The standard InChI is InChI=1S/C12H18N2O3/c1-12(2,11(13)16)14-7-8-4-5-9(15)10(6-8)17-3/h4-6,14-15H,7H2,1-3H3,(H2,13,16). The lowest BCUT2D eigenvalue weighted by Crippen LogP contribution is -2.50. The van der Waals surface area contributed by atoms with Gasteiger partial charge >= 0.3 is 0 Å². The molecule has 4 N–H and O–H groups in total. The predicted octanol–water partition coefficient (Wildman–Crippen LogP) is 0.754. The van der Waals surface area contributed by atoms with Gasteiger partial charge in [0.15, 0.2) is 11.5 Å². The number of aromatic hydroxyl groups is 1. The van der Waals surface area contributed by atoms with Crippen molar-refractivity contribution >= 4 is 5.91 Å². The van der Waals surface area contributed by atoms with E-state index in [1.807, 2.05) is 0 Å². The largest absolute Gasteiger partial charge is 0.504 e. The predicted molar refractivity (Wildman–Crippen MR) is 64.8 cm³/mol. The number of hydrogen-bond donors (Lipinski definition) is 3. The van der Waals surface area contributed by atoms with E-state index >= 15 is 0 Å². The quantitative estimate of drug-likeness (QED) is 0.707. The van der Waals surface area contributed by atoms with Gasteiger partial charge in [-0.1, -0.05) is 6.07 Å². The summed E-state index contributed by atoms with van der Waals surface area (Å²) in [5.41, 5.74) is 5.37. The molecular formula is C12H18N2O3. The topological polar surface area (TPSA) is 84.6 Å². The Kier molecular flexibility index (Phi) is 3.96. The van der Waals surface area contributed by atoms with Crippen molar-refractivity contribution in [3.63, 3.8) is 0 Å². The second-order valence-corrected chi connectivity index (χ2v) is 4.35. The molecule has 0 saturated heterocycles. The highest BCUT2D eigenvalue weighted by Crippen LogP contribution is 2.26. The molecule has 0 aliphatic rings. The number of nitrogens with one attached hydrogen (secondary N) is 1. The van der Waals surface area contributed by atoms with E-state index in [1.165, 1.54) is 7.11 Å². The number of amides is 1. The molecule has 5 heteroatoms. The van der Waals surface area contributed by atoms with Crippen LogP contribution in [0, 0.1) is 0 Å². The molecule has 5 nitrogen and oxygen atoms in total. The minimum Gasteiger partial charge on any atom is -0.504 e. The average molecular weight is 238 g/mol. The minimum absolute atomic E-state index is 0.0883. The van der Waals surface area contributed by atoms with Crippen molar-refractivity contribution in [2.24, 2.45) is 5.73 Å². The number of phenols is 1. The number of rotatable bonds is 5. The molecule has 94 valence electrons. The van der Waals surface area contributed by atoms with E-state index in [0.717, 1.165) is 5.56 Å². The number of hydrogen-bond acceptors (Lipinski definition) is 4. The van der Waals surface area contributed by atoms with Crippen LogP contribution in [-0.2, 0) is 11.3 Å². The van der Waals surface area contributed by atoms with Crippen LogP contribution in [-0.4, -0.2) is 23.7 Å². The molecule has 0 bridgehead atoms. The molecule has 1 amide bonds. The molecule has 17 heavy (non-hydrogen) atoms. The molecule has 0 atom stereocenters. The molecule has 0 aliphatic carbocycles. The fourth-order valence-electron chi connectivity index (χ4n) is 1.24. The monoisotopic (exact) mass is 238 g/mol. The molecule has 0 saturated carbocycles. The van der Waals surface area contributed by atoms with Gasteiger partial charge in [0.05, 0.1) is 12.6 Å². The van der Waals surface area contributed by atoms with Crippen LogP contribution in [0.3, 0.4) is 0 Å². The van der Waals surface area contributed by atoms with Gasteiger partial charge in [-0.2, -0.15) is 0 Å². The molecule has 0 heterocycles. The number of primary amides is 1. The van der Waals surface area contributed by atoms with Gasteiger partial charge in [-0.3, -0.25) is 10.1 Å². The van der Waals surface area contributed by atoms with Crippen molar-refractivity contribution in [3.05, 3.63) is 23.8 Å². The number of benzene rings is 1. The van der Waals surface area contributed by atoms with Gasteiger partial charge in [0.2, 0.25) is 5.91 Å². The molecule has 0 aliphatic heterocycles. The summed E-state index contributed by atoms with van der Waals surface area (Å²) in [5, 5.41) is 12.5. The maximum Gasteiger partial charge on any atom is 0.237 e. The van der Waals surface area contributed by atoms with Gasteiger partial charge < -0.3 is 15.6 Å². The molecule has 0 fully saturated rings. The van der Waals surface area contributed by atoms with Crippen LogP contribution in [0.4, 0.5) is 0 Å². The lowest BCUT2D eigenvalue weighted by atomic mass is 10.0. The summed E-state index contributed by atoms with van der Waals surface area (Å²) in [5.74, 6) is 0.0786. The fourth-order valence-corrected chi connectivity index (χ4v) is 1.24. The van der Waals surface area contributed by atoms with Crippen LogP contribution in [0.2, 0.25) is 0 Å². The Bertz CT molecular complexity index is 416. The summed E-state index contributed by atoms with van der Waals surface area (Å²) in [7, 11) is 1.49. The Morgan fingerprint density at radius 3 is 2.71 bits per heavy atom. The zero-order valence-electron chi connectivity index (χ0n) is 10.3. The average Bonchev–Trinajstić information content (AvgIpc) is 2.28. The van der Waals surface area contributed by atoms with Gasteiger partial charge in [0.1, 0.15) is 0 Å². The fraction of sp³-hybridized carbons (Fsp3) is 0.417. The molecule has 0 radical (unpaired) electrons. The highest BCUT2D eigenvalue weighted by atomic mass is 16.5. The minimum atomic E-state index is -0.773. The van der Waals surface area contributed by atoms with Crippen LogP contribution in [0.15, 0.2) is 18.2 Å². The first-order valence-electron chi connectivity index (χ1n) is 5.27. The summed E-state index contributed by atoms with van der Waals surface area (Å²) in [6, 6.07) is 5.01. The molecule has 0 aromatic heterocycles. The Hall–Kier alpha value is -1.75. The van der Waals surface area contributed by atoms with Crippen LogP contribution in [0.1, 0.15) is 19.4 Å². The maximum absolute atomic E-state index is 11.1. The number of methoxy groups -OCH3 is 1. The van der Waals surface area contributed by atoms with E-state index in [9.17, 15) is 9.90 Å². The first-order chi connectivity index (χ1) is 7.86. The Labute approximate surface area is 101 Å². The van der Waals surface area contributed by atoms with E-state index in [4.69, 9.17) is 10.5 Å². The zero-order valence-corrected chi connectivity index (χ0v) is 10.3. The van der Waals surface area contributed by atoms with E-state index in [0.29, 0.717) is 12.3 Å². The summed E-state index contributed by atoms with van der Waals surface area (Å²) in [6.07, 6.45) is 0. The molecule has 1 aromatic rings. The number of nitrogens with two attached hydrogens (primary N) is 1. The second kappa shape index (κ2) is 5.05. The van der Waals surface area contributed by atoms with E-state index in [-0.39, 0.29) is 5.75 Å². The van der Waals surface area contributed by atoms with Gasteiger partial charge in [0, 0.05) is 6.54 Å². The Morgan fingerprint density at radius 2 is 2.18 bits per heavy atom. The first kappa shape index (κ1) is 13.3. The maximum atomic E-state index is 11.1. The summed E-state index contributed by atoms with van der Waals surface area (Å²) >= 11 is 0. The van der Waals surface area contributed by atoms with E-state index < -0.39 is 11.4 Å². The lowest BCUT2D eigenvalue weighted by molar-refractivity contribution is -0.123. The molecule has 0 spiro atoms. The Balaban J connectivity index is 2.73. The zero-order chi connectivity index (χ0) is 13.1. The summed E-state index contributed by atoms with van der Waals surface area (Å²) < 4.78 is 5.00. The van der Waals surface area contributed by atoms with Crippen LogP contribution >= 0.6 is 0 Å². The highest BCUT2D eigenvalue weighted by molar-refractivity contribution is 5.83. The SMILES string of the molecule is COc1cc(CNC(C)(C)C(N)=O)ccc1O. The number of phenolic OH excluding ortho intramolecular Hbond substituents is 1. The molecule has 0 unspecified atom stereocenters. The normalized spacial score (nSPS) is 11.2. The molecular weight excluding hydrogens is 220 g/mol. The van der Waals surface area contributed by atoms with Crippen molar-refractivity contribution in [1.82, 2.24) is 5.32 Å². The number of carbonyl (C=O) groups excluding carboxylic acids is 1. The van der Waals surface area contributed by atoms with Crippen molar-refractivity contribution in [2.45, 2.75) is 25.9 Å². The summed E-state index contributed by atoms with van der Waals surface area (Å²) in [4.78, 5) is 11.1. The van der Waals surface area contributed by atoms with Crippen molar-refractivity contribution in [1.29, 1.82) is 0 Å². The number of ether oxygens (including phenoxy) is 1. The number of carbonyl (C=O) groups is 1. The van der Waals surface area contributed by atoms with Gasteiger partial charge in [-0.15, -0.1) is 0 Å². The summed E-state index contributed by atoms with van der Waals surface area (Å²) in [6.45, 7) is 3.90.